The molecule has 1 aromatic rings. The molecule has 0 atom stereocenters. The molecular formula is C14H23ClN4S. The first-order valence-electron chi connectivity index (χ1n) is 6.61. The number of aromatic nitrogens is 3. The maximum Gasteiger partial charge on any atom is 0.191 e. The standard InChI is InChI=1S/C14H23ClN4S/c1-6-7-19-13(9-18(5)8-11(2)3)16-17-14(19)20-10-12(4)15/h6,11H,1,4,7-10H2,2-3,5H3. The van der Waals surface area contributed by atoms with Crippen LogP contribution in [0.1, 0.15) is 19.7 Å². The van der Waals surface area contributed by atoms with Gasteiger partial charge in [0.1, 0.15) is 5.82 Å². The lowest BCUT2D eigenvalue weighted by atomic mass is 10.2. The van der Waals surface area contributed by atoms with Gasteiger partial charge in [0.25, 0.3) is 0 Å². The summed E-state index contributed by atoms with van der Waals surface area (Å²) in [6.45, 7) is 14.4. The molecule has 112 valence electrons. The third-order valence-corrected chi connectivity index (χ3v) is 3.90. The molecule has 1 rings (SSSR count). The van der Waals surface area contributed by atoms with Crippen molar-refractivity contribution in [3.05, 3.63) is 30.1 Å². The second kappa shape index (κ2) is 8.49. The van der Waals surface area contributed by atoms with Gasteiger partial charge in [0.15, 0.2) is 5.16 Å². The van der Waals surface area contributed by atoms with E-state index >= 15 is 0 Å². The molecule has 20 heavy (non-hydrogen) atoms. The van der Waals surface area contributed by atoms with E-state index in [4.69, 9.17) is 11.6 Å². The lowest BCUT2D eigenvalue weighted by molar-refractivity contribution is 0.277. The summed E-state index contributed by atoms with van der Waals surface area (Å²) in [4.78, 5) is 2.25. The van der Waals surface area contributed by atoms with Crippen molar-refractivity contribution in [1.82, 2.24) is 19.7 Å². The molecule has 6 heteroatoms. The van der Waals surface area contributed by atoms with Crippen LogP contribution >= 0.6 is 23.4 Å². The van der Waals surface area contributed by atoms with E-state index in [1.54, 1.807) is 11.8 Å². The zero-order valence-electron chi connectivity index (χ0n) is 12.5. The molecule has 0 radical (unpaired) electrons. The summed E-state index contributed by atoms with van der Waals surface area (Å²) < 4.78 is 2.08. The van der Waals surface area contributed by atoms with Crippen molar-refractivity contribution in [3.8, 4) is 0 Å². The molecule has 4 nitrogen and oxygen atoms in total. The first-order valence-corrected chi connectivity index (χ1v) is 7.98. The van der Waals surface area contributed by atoms with Gasteiger partial charge in [0, 0.05) is 23.9 Å². The van der Waals surface area contributed by atoms with Crippen LogP contribution < -0.4 is 0 Å². The number of allylic oxidation sites excluding steroid dienone is 1. The Morgan fingerprint density at radius 3 is 2.75 bits per heavy atom. The molecule has 0 fully saturated rings. The number of nitrogens with zero attached hydrogens (tertiary/aromatic N) is 4. The van der Waals surface area contributed by atoms with Crippen molar-refractivity contribution in [2.45, 2.75) is 32.1 Å². The summed E-state index contributed by atoms with van der Waals surface area (Å²) in [5.74, 6) is 2.22. The van der Waals surface area contributed by atoms with Crippen LogP contribution in [-0.2, 0) is 13.1 Å². The van der Waals surface area contributed by atoms with Crippen LogP contribution in [-0.4, -0.2) is 39.0 Å². The molecule has 0 saturated heterocycles. The van der Waals surface area contributed by atoms with E-state index < -0.39 is 0 Å². The van der Waals surface area contributed by atoms with E-state index in [0.717, 1.165) is 24.1 Å². The van der Waals surface area contributed by atoms with Gasteiger partial charge in [-0.2, -0.15) is 0 Å². The van der Waals surface area contributed by atoms with Crippen molar-refractivity contribution < 1.29 is 0 Å². The Balaban J connectivity index is 2.79. The Labute approximate surface area is 130 Å². The first-order chi connectivity index (χ1) is 9.43. The molecule has 0 bridgehead atoms. The molecule has 1 heterocycles. The highest BCUT2D eigenvalue weighted by atomic mass is 35.5. The van der Waals surface area contributed by atoms with E-state index in [1.807, 2.05) is 6.08 Å². The van der Waals surface area contributed by atoms with Gasteiger partial charge >= 0.3 is 0 Å². The van der Waals surface area contributed by atoms with E-state index in [-0.39, 0.29) is 0 Å². The minimum atomic E-state index is 0.613. The van der Waals surface area contributed by atoms with Crippen LogP contribution in [0.15, 0.2) is 29.4 Å². The Kier molecular flexibility index (Phi) is 7.34. The highest BCUT2D eigenvalue weighted by molar-refractivity contribution is 7.99. The maximum atomic E-state index is 5.80. The predicted molar refractivity (Wildman–Crippen MR) is 87.1 cm³/mol. The molecule has 0 unspecified atom stereocenters. The van der Waals surface area contributed by atoms with Crippen molar-refractivity contribution in [2.75, 3.05) is 19.3 Å². The fraction of sp³-hybridized carbons (Fsp3) is 0.571. The largest absolute Gasteiger partial charge is 0.301 e. The Hall–Kier alpha value is -0.780. The summed E-state index contributed by atoms with van der Waals surface area (Å²) in [7, 11) is 2.10. The van der Waals surface area contributed by atoms with Crippen LogP contribution in [0.2, 0.25) is 0 Å². The average Bonchev–Trinajstić information content (AvgIpc) is 2.69. The maximum absolute atomic E-state index is 5.80. The van der Waals surface area contributed by atoms with E-state index in [9.17, 15) is 0 Å². The molecule has 0 aromatic carbocycles. The van der Waals surface area contributed by atoms with Gasteiger partial charge in [-0.15, -0.1) is 16.8 Å². The van der Waals surface area contributed by atoms with E-state index in [2.05, 4.69) is 53.7 Å². The van der Waals surface area contributed by atoms with E-state index in [0.29, 0.717) is 23.2 Å². The zero-order valence-corrected chi connectivity index (χ0v) is 14.0. The summed E-state index contributed by atoms with van der Waals surface area (Å²) in [5, 5.41) is 10.0. The first kappa shape index (κ1) is 17.3. The van der Waals surface area contributed by atoms with Crippen LogP contribution in [0.4, 0.5) is 0 Å². The Bertz CT molecular complexity index is 456. The second-order valence-corrected chi connectivity index (χ2v) is 6.67. The minimum Gasteiger partial charge on any atom is -0.301 e. The SMILES string of the molecule is C=CCn1c(CN(C)CC(C)C)nnc1SCC(=C)Cl. The quantitative estimate of drug-likeness (QED) is 0.517. The highest BCUT2D eigenvalue weighted by Crippen LogP contribution is 2.21. The smallest absolute Gasteiger partial charge is 0.191 e. The van der Waals surface area contributed by atoms with Crippen molar-refractivity contribution in [3.63, 3.8) is 0 Å². The molecule has 0 aliphatic rings. The minimum absolute atomic E-state index is 0.613. The van der Waals surface area contributed by atoms with E-state index in [1.165, 1.54) is 0 Å². The summed E-state index contributed by atoms with van der Waals surface area (Å²) >= 11 is 7.35. The summed E-state index contributed by atoms with van der Waals surface area (Å²) in [5.41, 5.74) is 0. The van der Waals surface area contributed by atoms with Crippen molar-refractivity contribution >= 4 is 23.4 Å². The van der Waals surface area contributed by atoms with Crippen LogP contribution in [0.5, 0.6) is 0 Å². The monoisotopic (exact) mass is 314 g/mol. The van der Waals surface area contributed by atoms with Gasteiger partial charge in [-0.25, -0.2) is 0 Å². The predicted octanol–water partition coefficient (Wildman–Crippen LogP) is 3.40. The molecule has 0 saturated carbocycles. The fourth-order valence-electron chi connectivity index (χ4n) is 1.93. The lowest BCUT2D eigenvalue weighted by Crippen LogP contribution is -2.24. The zero-order chi connectivity index (χ0) is 15.1. The number of halogens is 1. The number of thioether (sulfide) groups is 1. The average molecular weight is 315 g/mol. The number of rotatable bonds is 9. The number of hydrogen-bond acceptors (Lipinski definition) is 4. The van der Waals surface area contributed by atoms with Crippen LogP contribution in [0, 0.1) is 5.92 Å². The second-order valence-electron chi connectivity index (χ2n) is 5.19. The third-order valence-electron chi connectivity index (χ3n) is 2.55. The van der Waals surface area contributed by atoms with Gasteiger partial charge < -0.3 is 4.57 Å². The molecule has 1 aromatic heterocycles. The summed E-state index contributed by atoms with van der Waals surface area (Å²) in [6, 6.07) is 0. The highest BCUT2D eigenvalue weighted by Gasteiger charge is 2.14. The van der Waals surface area contributed by atoms with Gasteiger partial charge in [-0.3, -0.25) is 4.90 Å². The summed E-state index contributed by atoms with van der Waals surface area (Å²) in [6.07, 6.45) is 1.86. The fourth-order valence-corrected chi connectivity index (χ4v) is 2.81. The molecule has 0 spiro atoms. The molecule has 0 amide bonds. The normalized spacial score (nSPS) is 11.3. The number of hydrogen-bond donors (Lipinski definition) is 0. The van der Waals surface area contributed by atoms with Crippen molar-refractivity contribution in [1.29, 1.82) is 0 Å². The van der Waals surface area contributed by atoms with Gasteiger partial charge in [-0.1, -0.05) is 49.9 Å². The third kappa shape index (κ3) is 5.69. The molecule has 0 aliphatic carbocycles. The Morgan fingerprint density at radius 1 is 1.50 bits per heavy atom. The topological polar surface area (TPSA) is 34.0 Å². The molecule has 0 aliphatic heterocycles. The molecule has 0 N–H and O–H groups in total. The lowest BCUT2D eigenvalue weighted by Gasteiger charge is -2.18. The van der Waals surface area contributed by atoms with Gasteiger partial charge in [0.05, 0.1) is 6.54 Å². The Morgan fingerprint density at radius 2 is 2.20 bits per heavy atom. The van der Waals surface area contributed by atoms with Crippen molar-refractivity contribution in [2.24, 2.45) is 5.92 Å². The van der Waals surface area contributed by atoms with Crippen LogP contribution in [0.25, 0.3) is 0 Å². The van der Waals surface area contributed by atoms with Gasteiger partial charge in [-0.05, 0) is 13.0 Å². The van der Waals surface area contributed by atoms with Gasteiger partial charge in [0.2, 0.25) is 0 Å². The van der Waals surface area contributed by atoms with Crippen LogP contribution in [0.3, 0.4) is 0 Å². The molecular weight excluding hydrogens is 292 g/mol.